The molecular formula is C16H12ClN3O6. The number of ether oxygens (including phenoxy) is 1. The zero-order valence-electron chi connectivity index (χ0n) is 13.1. The molecule has 2 N–H and O–H groups in total. The first-order valence-corrected chi connectivity index (χ1v) is 7.73. The molecule has 0 fully saturated rings. The Hall–Kier alpha value is -3.33. The maximum Gasteiger partial charge on any atom is 0.273 e. The summed E-state index contributed by atoms with van der Waals surface area (Å²) >= 11 is 5.93. The van der Waals surface area contributed by atoms with Crippen LogP contribution >= 0.6 is 11.6 Å². The molecule has 0 radical (unpaired) electrons. The average Bonchev–Trinajstić information content (AvgIpc) is 2.59. The van der Waals surface area contributed by atoms with E-state index in [1.807, 2.05) is 0 Å². The fraction of sp³-hybridized carbons (Fsp3) is 0.125. The van der Waals surface area contributed by atoms with Gasteiger partial charge in [0, 0.05) is 11.1 Å². The van der Waals surface area contributed by atoms with Gasteiger partial charge in [0.05, 0.1) is 22.4 Å². The Labute approximate surface area is 151 Å². The zero-order valence-corrected chi connectivity index (χ0v) is 13.9. The van der Waals surface area contributed by atoms with Gasteiger partial charge in [0.2, 0.25) is 5.91 Å². The minimum Gasteiger partial charge on any atom is -0.506 e. The number of nitro groups is 1. The van der Waals surface area contributed by atoms with E-state index in [1.54, 1.807) is 12.1 Å². The largest absolute Gasteiger partial charge is 0.506 e. The fourth-order valence-electron chi connectivity index (χ4n) is 2.42. The first-order chi connectivity index (χ1) is 12.3. The van der Waals surface area contributed by atoms with Crippen LogP contribution in [0.1, 0.15) is 0 Å². The molecule has 0 saturated heterocycles. The van der Waals surface area contributed by atoms with Crippen molar-refractivity contribution in [1.82, 2.24) is 0 Å². The minimum absolute atomic E-state index is 0.00683. The number of anilines is 2. The molecule has 9 nitrogen and oxygen atoms in total. The van der Waals surface area contributed by atoms with Crippen molar-refractivity contribution in [1.29, 1.82) is 0 Å². The van der Waals surface area contributed by atoms with E-state index in [0.29, 0.717) is 16.5 Å². The van der Waals surface area contributed by atoms with Crippen LogP contribution in [-0.4, -0.2) is 35.0 Å². The molecule has 2 amide bonds. The Kier molecular flexibility index (Phi) is 4.63. The minimum atomic E-state index is -0.668. The summed E-state index contributed by atoms with van der Waals surface area (Å²) in [6.45, 7) is -0.559. The van der Waals surface area contributed by atoms with Crippen LogP contribution in [0.3, 0.4) is 0 Å². The van der Waals surface area contributed by atoms with Crippen LogP contribution in [0.2, 0.25) is 5.02 Å². The van der Waals surface area contributed by atoms with Gasteiger partial charge in [-0.3, -0.25) is 24.6 Å². The summed E-state index contributed by atoms with van der Waals surface area (Å²) in [5.74, 6) is -1.07. The summed E-state index contributed by atoms with van der Waals surface area (Å²) in [6.07, 6.45) is 0. The lowest BCUT2D eigenvalue weighted by molar-refractivity contribution is -0.384. The van der Waals surface area contributed by atoms with Gasteiger partial charge in [0.25, 0.3) is 11.6 Å². The number of phenolic OH excluding ortho intramolecular Hbond substituents is 1. The highest BCUT2D eigenvalue weighted by atomic mass is 35.5. The van der Waals surface area contributed by atoms with E-state index in [4.69, 9.17) is 16.3 Å². The van der Waals surface area contributed by atoms with Crippen molar-refractivity contribution in [2.45, 2.75) is 0 Å². The third kappa shape index (κ3) is 3.52. The zero-order chi connectivity index (χ0) is 18.8. The number of nitrogens with zero attached hydrogens (tertiary/aromatic N) is 2. The predicted molar refractivity (Wildman–Crippen MR) is 92.7 cm³/mol. The van der Waals surface area contributed by atoms with Gasteiger partial charge in [-0.15, -0.1) is 0 Å². The number of nitrogens with one attached hydrogen (secondary N) is 1. The molecule has 134 valence electrons. The van der Waals surface area contributed by atoms with E-state index in [-0.39, 0.29) is 24.5 Å². The van der Waals surface area contributed by atoms with Gasteiger partial charge >= 0.3 is 0 Å². The molecule has 10 heteroatoms. The number of amides is 2. The third-order valence-corrected chi connectivity index (χ3v) is 3.87. The number of hydrogen-bond donors (Lipinski definition) is 2. The van der Waals surface area contributed by atoms with Crippen molar-refractivity contribution < 1.29 is 24.4 Å². The van der Waals surface area contributed by atoms with Crippen molar-refractivity contribution in [3.8, 4) is 11.5 Å². The molecule has 0 spiro atoms. The molecule has 0 bridgehead atoms. The molecule has 1 aliphatic heterocycles. The lowest BCUT2D eigenvalue weighted by Crippen LogP contribution is -2.43. The lowest BCUT2D eigenvalue weighted by Gasteiger charge is -2.29. The van der Waals surface area contributed by atoms with E-state index in [2.05, 4.69) is 5.32 Å². The number of hydrogen-bond acceptors (Lipinski definition) is 6. The molecule has 1 aliphatic rings. The van der Waals surface area contributed by atoms with Crippen molar-refractivity contribution in [2.75, 3.05) is 23.4 Å². The van der Waals surface area contributed by atoms with Crippen molar-refractivity contribution >= 4 is 40.5 Å². The molecule has 2 aromatic carbocycles. The molecule has 0 saturated carbocycles. The van der Waals surface area contributed by atoms with Crippen LogP contribution < -0.4 is 15.0 Å². The van der Waals surface area contributed by atoms with Crippen molar-refractivity contribution in [3.63, 3.8) is 0 Å². The molecule has 26 heavy (non-hydrogen) atoms. The Balaban J connectivity index is 1.77. The Morgan fingerprint density at radius 3 is 2.81 bits per heavy atom. The first kappa shape index (κ1) is 17.5. The van der Waals surface area contributed by atoms with Gasteiger partial charge in [-0.1, -0.05) is 11.6 Å². The number of aromatic hydroxyl groups is 1. The van der Waals surface area contributed by atoms with Crippen LogP contribution in [-0.2, 0) is 9.59 Å². The molecule has 2 aromatic rings. The van der Waals surface area contributed by atoms with E-state index in [1.165, 1.54) is 17.0 Å². The topological polar surface area (TPSA) is 122 Å². The Morgan fingerprint density at radius 2 is 2.12 bits per heavy atom. The lowest BCUT2D eigenvalue weighted by atomic mass is 10.2. The summed E-state index contributed by atoms with van der Waals surface area (Å²) in [7, 11) is 0. The SMILES string of the molecule is O=C(CN1C(=O)COc2ccc(Cl)cc21)Nc1ccc([N+](=O)[O-])cc1O. The smallest absolute Gasteiger partial charge is 0.273 e. The molecular weight excluding hydrogens is 366 g/mol. The maximum absolute atomic E-state index is 12.3. The van der Waals surface area contributed by atoms with Crippen LogP contribution in [0.4, 0.5) is 17.1 Å². The number of benzene rings is 2. The first-order valence-electron chi connectivity index (χ1n) is 7.35. The van der Waals surface area contributed by atoms with Crippen LogP contribution in [0.15, 0.2) is 36.4 Å². The summed E-state index contributed by atoms with van der Waals surface area (Å²) < 4.78 is 5.29. The van der Waals surface area contributed by atoms with E-state index < -0.39 is 22.5 Å². The van der Waals surface area contributed by atoms with Crippen LogP contribution in [0.5, 0.6) is 11.5 Å². The van der Waals surface area contributed by atoms with Gasteiger partial charge in [0.1, 0.15) is 18.0 Å². The molecule has 0 atom stereocenters. The number of fused-ring (bicyclic) bond motifs is 1. The Bertz CT molecular complexity index is 917. The molecule has 0 aliphatic carbocycles. The van der Waals surface area contributed by atoms with Gasteiger partial charge in [-0.2, -0.15) is 0 Å². The normalized spacial score (nSPS) is 13.0. The fourth-order valence-corrected chi connectivity index (χ4v) is 2.59. The van der Waals surface area contributed by atoms with Gasteiger partial charge in [0.15, 0.2) is 6.61 Å². The molecule has 1 heterocycles. The van der Waals surface area contributed by atoms with Crippen molar-refractivity contribution in [3.05, 3.63) is 51.5 Å². The monoisotopic (exact) mass is 377 g/mol. The summed E-state index contributed by atoms with van der Waals surface area (Å²) in [5, 5.41) is 23.3. The van der Waals surface area contributed by atoms with E-state index in [9.17, 15) is 24.8 Å². The standard InChI is InChI=1S/C16H12ClN3O6/c17-9-1-4-14-12(5-9)19(16(23)8-26-14)7-15(22)18-11-3-2-10(20(24)25)6-13(11)21/h1-6,21H,7-8H2,(H,18,22). The number of rotatable bonds is 4. The number of non-ortho nitro benzene ring substituents is 1. The second-order valence-corrected chi connectivity index (χ2v) is 5.82. The highest BCUT2D eigenvalue weighted by molar-refractivity contribution is 6.31. The number of halogens is 1. The summed E-state index contributed by atoms with van der Waals surface area (Å²) in [5.41, 5.74) is 0.0388. The Morgan fingerprint density at radius 1 is 1.35 bits per heavy atom. The quantitative estimate of drug-likeness (QED) is 0.479. The predicted octanol–water partition coefficient (Wildman–Crippen LogP) is 2.32. The van der Waals surface area contributed by atoms with E-state index in [0.717, 1.165) is 12.1 Å². The average molecular weight is 378 g/mol. The number of nitro benzene ring substituents is 1. The third-order valence-electron chi connectivity index (χ3n) is 3.63. The van der Waals surface area contributed by atoms with Gasteiger partial charge in [-0.05, 0) is 24.3 Å². The molecule has 3 rings (SSSR count). The maximum atomic E-state index is 12.3. The summed E-state index contributed by atoms with van der Waals surface area (Å²) in [4.78, 5) is 35.6. The number of phenols is 1. The number of carbonyl (C=O) groups excluding carboxylic acids is 2. The second-order valence-electron chi connectivity index (χ2n) is 5.39. The molecule has 0 aromatic heterocycles. The van der Waals surface area contributed by atoms with Gasteiger partial charge in [-0.25, -0.2) is 0 Å². The summed E-state index contributed by atoms with van der Waals surface area (Å²) in [6, 6.07) is 7.97. The van der Waals surface area contributed by atoms with E-state index >= 15 is 0 Å². The van der Waals surface area contributed by atoms with Crippen LogP contribution in [0.25, 0.3) is 0 Å². The van der Waals surface area contributed by atoms with Crippen molar-refractivity contribution in [2.24, 2.45) is 0 Å². The highest BCUT2D eigenvalue weighted by Gasteiger charge is 2.28. The van der Waals surface area contributed by atoms with Crippen LogP contribution in [0, 0.1) is 10.1 Å². The second kappa shape index (κ2) is 6.89. The molecule has 0 unspecified atom stereocenters. The highest BCUT2D eigenvalue weighted by Crippen LogP contribution is 2.34. The number of carbonyl (C=O) groups is 2. The van der Waals surface area contributed by atoms with Gasteiger partial charge < -0.3 is 15.2 Å².